The van der Waals surface area contributed by atoms with Crippen LogP contribution in [0.4, 0.5) is 0 Å². The van der Waals surface area contributed by atoms with Crippen molar-refractivity contribution < 1.29 is 14.6 Å². The van der Waals surface area contributed by atoms with Gasteiger partial charge in [0.1, 0.15) is 11.3 Å². The largest absolute Gasteiger partial charge is 0.496 e. The number of aryl methyl sites for hydroxylation is 1. The fourth-order valence-electron chi connectivity index (χ4n) is 3.71. The highest BCUT2D eigenvalue weighted by Gasteiger charge is 2.23. The van der Waals surface area contributed by atoms with E-state index in [0.29, 0.717) is 11.8 Å². The molecule has 0 amide bonds. The maximum absolute atomic E-state index is 11.4. The second-order valence-electron chi connectivity index (χ2n) is 6.82. The molecule has 1 aliphatic heterocycles. The Kier molecular flexibility index (Phi) is 6.23. The Bertz CT molecular complexity index is 733. The molecule has 3 rings (SSSR count). The van der Waals surface area contributed by atoms with Crippen molar-refractivity contribution in [3.8, 4) is 5.75 Å². The highest BCUT2D eigenvalue weighted by atomic mass is 16.5. The molecule has 1 atom stereocenters. The lowest BCUT2D eigenvalue weighted by molar-refractivity contribution is 0.0693. The Labute approximate surface area is 154 Å². The topological polar surface area (TPSA) is 62.7 Å². The van der Waals surface area contributed by atoms with Gasteiger partial charge in [-0.25, -0.2) is 4.79 Å². The Morgan fingerprint density at radius 2 is 2.19 bits per heavy atom. The molecule has 0 spiro atoms. The summed E-state index contributed by atoms with van der Waals surface area (Å²) < 4.78 is 5.16. The Morgan fingerprint density at radius 1 is 1.31 bits per heavy atom. The van der Waals surface area contributed by atoms with E-state index in [2.05, 4.69) is 16.0 Å². The van der Waals surface area contributed by atoms with Crippen molar-refractivity contribution in [1.29, 1.82) is 0 Å². The first-order chi connectivity index (χ1) is 12.7. The second-order valence-corrected chi connectivity index (χ2v) is 6.82. The summed E-state index contributed by atoms with van der Waals surface area (Å²) in [5.74, 6) is -0.541. The minimum atomic E-state index is -0.950. The number of piperidine rings is 1. The lowest BCUT2D eigenvalue weighted by atomic mass is 9.96. The standard InChI is InChI=1S/C21H26N2O3/c1-26-20-11-8-16(14-19(20)21(24)25)15-23-13-5-3-7-18(23)10-9-17-6-2-4-12-22-17/h2,4,6,8,11-12,14,18H,3,5,7,9-10,13,15H2,1H3,(H,24,25)/t18-/m0/s1. The molecular weight excluding hydrogens is 328 g/mol. The quantitative estimate of drug-likeness (QED) is 0.820. The third-order valence-electron chi connectivity index (χ3n) is 5.09. The highest BCUT2D eigenvalue weighted by Crippen LogP contribution is 2.25. The van der Waals surface area contributed by atoms with Gasteiger partial charge in [-0.15, -0.1) is 0 Å². The maximum Gasteiger partial charge on any atom is 0.339 e. The molecule has 26 heavy (non-hydrogen) atoms. The Balaban J connectivity index is 1.68. The Morgan fingerprint density at radius 3 is 2.92 bits per heavy atom. The number of methoxy groups -OCH3 is 1. The van der Waals surface area contributed by atoms with Crippen LogP contribution in [0.3, 0.4) is 0 Å². The monoisotopic (exact) mass is 354 g/mol. The SMILES string of the molecule is COc1ccc(CN2CCCC[C@H]2CCc2ccccn2)cc1C(=O)O. The van der Waals surface area contributed by atoms with Crippen LogP contribution < -0.4 is 4.74 Å². The summed E-state index contributed by atoms with van der Waals surface area (Å²) in [4.78, 5) is 18.4. The maximum atomic E-state index is 11.4. The molecule has 0 radical (unpaired) electrons. The smallest absolute Gasteiger partial charge is 0.339 e. The predicted molar refractivity (Wildman–Crippen MR) is 101 cm³/mol. The van der Waals surface area contributed by atoms with Gasteiger partial charge in [0, 0.05) is 24.5 Å². The number of pyridine rings is 1. The number of carboxylic acids is 1. The van der Waals surface area contributed by atoms with Crippen LogP contribution in [0, 0.1) is 0 Å². The fraction of sp³-hybridized carbons (Fsp3) is 0.429. The van der Waals surface area contributed by atoms with Crippen LogP contribution in [0.1, 0.15) is 47.3 Å². The van der Waals surface area contributed by atoms with Crippen molar-refractivity contribution in [1.82, 2.24) is 9.88 Å². The second kappa shape index (κ2) is 8.81. The van der Waals surface area contributed by atoms with E-state index in [0.717, 1.165) is 37.2 Å². The van der Waals surface area contributed by atoms with Crippen LogP contribution in [0.25, 0.3) is 0 Å². The van der Waals surface area contributed by atoms with Gasteiger partial charge in [0.05, 0.1) is 7.11 Å². The number of likely N-dealkylation sites (tertiary alicyclic amines) is 1. The van der Waals surface area contributed by atoms with E-state index in [-0.39, 0.29) is 5.56 Å². The molecule has 1 fully saturated rings. The van der Waals surface area contributed by atoms with Crippen LogP contribution >= 0.6 is 0 Å². The zero-order valence-electron chi connectivity index (χ0n) is 15.2. The summed E-state index contributed by atoms with van der Waals surface area (Å²) in [6.07, 6.45) is 7.55. The fourth-order valence-corrected chi connectivity index (χ4v) is 3.71. The number of carboxylic acid groups (broad SMARTS) is 1. The van der Waals surface area contributed by atoms with Crippen molar-refractivity contribution in [3.05, 3.63) is 59.4 Å². The highest BCUT2D eigenvalue weighted by molar-refractivity contribution is 5.91. The molecule has 1 saturated heterocycles. The van der Waals surface area contributed by atoms with Crippen LogP contribution in [0.2, 0.25) is 0 Å². The number of aromatic nitrogens is 1. The summed E-state index contributed by atoms with van der Waals surface area (Å²) in [7, 11) is 1.50. The van der Waals surface area contributed by atoms with E-state index in [1.807, 2.05) is 24.4 Å². The van der Waals surface area contributed by atoms with Gasteiger partial charge in [-0.1, -0.05) is 18.6 Å². The molecule has 1 aromatic carbocycles. The van der Waals surface area contributed by atoms with Gasteiger partial charge >= 0.3 is 5.97 Å². The lowest BCUT2D eigenvalue weighted by Crippen LogP contribution is -2.39. The first kappa shape index (κ1) is 18.4. The molecule has 0 bridgehead atoms. The molecule has 2 heterocycles. The molecule has 2 aromatic rings. The van der Waals surface area contributed by atoms with Crippen molar-refractivity contribution in [2.45, 2.75) is 44.7 Å². The van der Waals surface area contributed by atoms with Gasteiger partial charge in [0.15, 0.2) is 0 Å². The average molecular weight is 354 g/mol. The molecular formula is C21H26N2O3. The number of aromatic carboxylic acids is 1. The number of nitrogens with zero attached hydrogens (tertiary/aromatic N) is 2. The summed E-state index contributed by atoms with van der Waals surface area (Å²) >= 11 is 0. The first-order valence-corrected chi connectivity index (χ1v) is 9.21. The molecule has 138 valence electrons. The van der Waals surface area contributed by atoms with Gasteiger partial charge in [-0.05, 0) is 62.1 Å². The Hall–Kier alpha value is -2.40. The molecule has 1 aliphatic rings. The number of benzene rings is 1. The minimum Gasteiger partial charge on any atom is -0.496 e. The summed E-state index contributed by atoms with van der Waals surface area (Å²) in [6, 6.07) is 12.0. The lowest BCUT2D eigenvalue weighted by Gasteiger charge is -2.36. The van der Waals surface area contributed by atoms with E-state index < -0.39 is 5.97 Å². The molecule has 5 heteroatoms. The molecule has 0 aliphatic carbocycles. The third-order valence-corrected chi connectivity index (χ3v) is 5.09. The predicted octanol–water partition coefficient (Wildman–Crippen LogP) is 3.78. The normalized spacial score (nSPS) is 17.8. The van der Waals surface area contributed by atoms with Crippen LogP contribution in [-0.4, -0.2) is 40.7 Å². The minimum absolute atomic E-state index is 0.229. The zero-order valence-corrected chi connectivity index (χ0v) is 15.2. The third kappa shape index (κ3) is 4.61. The zero-order chi connectivity index (χ0) is 18.4. The van der Waals surface area contributed by atoms with Gasteiger partial charge in [-0.3, -0.25) is 9.88 Å². The first-order valence-electron chi connectivity index (χ1n) is 9.21. The summed E-state index contributed by atoms with van der Waals surface area (Å²) in [5, 5.41) is 9.39. The van der Waals surface area contributed by atoms with E-state index in [9.17, 15) is 9.90 Å². The van der Waals surface area contributed by atoms with Crippen molar-refractivity contribution in [2.75, 3.05) is 13.7 Å². The van der Waals surface area contributed by atoms with Gasteiger partial charge in [-0.2, -0.15) is 0 Å². The number of rotatable bonds is 7. The molecule has 1 N–H and O–H groups in total. The van der Waals surface area contributed by atoms with Gasteiger partial charge < -0.3 is 9.84 Å². The molecule has 0 saturated carbocycles. The molecule has 1 aromatic heterocycles. The van der Waals surface area contributed by atoms with E-state index in [1.165, 1.54) is 26.4 Å². The average Bonchev–Trinajstić information content (AvgIpc) is 2.68. The number of ether oxygens (including phenoxy) is 1. The van der Waals surface area contributed by atoms with Crippen molar-refractivity contribution in [2.24, 2.45) is 0 Å². The number of carbonyl (C=O) groups is 1. The number of hydrogen-bond donors (Lipinski definition) is 1. The van der Waals surface area contributed by atoms with Crippen LogP contribution in [0.15, 0.2) is 42.6 Å². The number of hydrogen-bond acceptors (Lipinski definition) is 4. The van der Waals surface area contributed by atoms with Crippen LogP contribution in [0.5, 0.6) is 5.75 Å². The van der Waals surface area contributed by atoms with Crippen molar-refractivity contribution >= 4 is 5.97 Å². The van der Waals surface area contributed by atoms with Crippen molar-refractivity contribution in [3.63, 3.8) is 0 Å². The van der Waals surface area contributed by atoms with Gasteiger partial charge in [0.2, 0.25) is 0 Å². The van der Waals surface area contributed by atoms with Gasteiger partial charge in [0.25, 0.3) is 0 Å². The van der Waals surface area contributed by atoms with E-state index in [1.54, 1.807) is 12.1 Å². The summed E-state index contributed by atoms with van der Waals surface area (Å²) in [6.45, 7) is 1.83. The molecule has 5 nitrogen and oxygen atoms in total. The van der Waals surface area contributed by atoms with Crippen LogP contribution in [-0.2, 0) is 13.0 Å². The van der Waals surface area contributed by atoms with E-state index in [4.69, 9.17) is 4.74 Å². The summed E-state index contributed by atoms with van der Waals surface area (Å²) in [5.41, 5.74) is 2.38. The molecule has 0 unspecified atom stereocenters. The van der Waals surface area contributed by atoms with E-state index >= 15 is 0 Å².